The smallest absolute Gasteiger partial charge is 0.342 e. The number of fused-ring (bicyclic) bond motifs is 1. The van der Waals surface area contributed by atoms with Gasteiger partial charge in [-0.1, -0.05) is 42.5 Å². The van der Waals surface area contributed by atoms with Crippen molar-refractivity contribution < 1.29 is 13.9 Å². The van der Waals surface area contributed by atoms with Gasteiger partial charge in [0, 0.05) is 17.5 Å². The molecule has 1 fully saturated rings. The first-order chi connectivity index (χ1) is 12.3. The topological polar surface area (TPSA) is 42.7 Å². The number of ether oxygens (including phenoxy) is 1. The van der Waals surface area contributed by atoms with E-state index in [4.69, 9.17) is 9.15 Å². The predicted octanol–water partition coefficient (Wildman–Crippen LogP) is 4.35. The van der Waals surface area contributed by atoms with E-state index in [2.05, 4.69) is 4.90 Å². The minimum Gasteiger partial charge on any atom is -0.461 e. The van der Waals surface area contributed by atoms with Crippen molar-refractivity contribution in [2.24, 2.45) is 0 Å². The van der Waals surface area contributed by atoms with E-state index < -0.39 is 0 Å². The van der Waals surface area contributed by atoms with Crippen molar-refractivity contribution >= 4 is 16.9 Å². The van der Waals surface area contributed by atoms with Crippen LogP contribution in [0.3, 0.4) is 0 Å². The lowest BCUT2D eigenvalue weighted by Gasteiger charge is -2.14. The fourth-order valence-electron chi connectivity index (χ4n) is 3.32. The summed E-state index contributed by atoms with van der Waals surface area (Å²) in [6.07, 6.45) is 2.48. The Morgan fingerprint density at radius 3 is 2.64 bits per heavy atom. The van der Waals surface area contributed by atoms with Crippen molar-refractivity contribution in [1.82, 2.24) is 4.90 Å². The van der Waals surface area contributed by atoms with Crippen LogP contribution in [0.2, 0.25) is 0 Å². The molecule has 0 radical (unpaired) electrons. The van der Waals surface area contributed by atoms with Crippen LogP contribution in [0.25, 0.3) is 22.3 Å². The van der Waals surface area contributed by atoms with Gasteiger partial charge in [0.15, 0.2) is 0 Å². The molecule has 0 N–H and O–H groups in total. The van der Waals surface area contributed by atoms with Crippen molar-refractivity contribution in [2.75, 3.05) is 26.2 Å². The molecule has 4 rings (SSSR count). The largest absolute Gasteiger partial charge is 0.461 e. The molecule has 0 atom stereocenters. The van der Waals surface area contributed by atoms with Crippen molar-refractivity contribution in [1.29, 1.82) is 0 Å². The summed E-state index contributed by atoms with van der Waals surface area (Å²) >= 11 is 0. The third-order valence-electron chi connectivity index (χ3n) is 4.66. The summed E-state index contributed by atoms with van der Waals surface area (Å²) in [5.41, 5.74) is 2.07. The number of furan rings is 1. The van der Waals surface area contributed by atoms with Crippen LogP contribution in [0, 0.1) is 0 Å². The zero-order valence-corrected chi connectivity index (χ0v) is 14.1. The van der Waals surface area contributed by atoms with Gasteiger partial charge in [0.1, 0.15) is 23.5 Å². The number of rotatable bonds is 5. The number of carbonyl (C=O) groups excluding carboxylic acids is 1. The molecule has 2 heterocycles. The number of nitrogens with zero attached hydrogens (tertiary/aromatic N) is 1. The Labute approximate surface area is 147 Å². The quantitative estimate of drug-likeness (QED) is 0.650. The van der Waals surface area contributed by atoms with E-state index in [-0.39, 0.29) is 5.97 Å². The van der Waals surface area contributed by atoms with Gasteiger partial charge in [-0.2, -0.15) is 0 Å². The van der Waals surface area contributed by atoms with E-state index in [1.54, 1.807) is 6.07 Å². The molecule has 25 heavy (non-hydrogen) atoms. The SMILES string of the molecule is O=C(OCCN1CCCC1)c1cccc2cc(-c3ccccc3)oc12. The molecule has 1 aliphatic rings. The summed E-state index contributed by atoms with van der Waals surface area (Å²) in [5.74, 6) is 0.437. The molecule has 128 valence electrons. The Morgan fingerprint density at radius 1 is 1.04 bits per heavy atom. The molecular weight excluding hydrogens is 314 g/mol. The summed E-state index contributed by atoms with van der Waals surface area (Å²) in [5, 5.41) is 0.910. The molecule has 0 aliphatic carbocycles. The van der Waals surface area contributed by atoms with Gasteiger partial charge in [-0.25, -0.2) is 4.79 Å². The second-order valence-corrected chi connectivity index (χ2v) is 6.39. The third-order valence-corrected chi connectivity index (χ3v) is 4.66. The highest BCUT2D eigenvalue weighted by atomic mass is 16.5. The molecule has 4 nitrogen and oxygen atoms in total. The molecule has 1 aliphatic heterocycles. The fraction of sp³-hybridized carbons (Fsp3) is 0.286. The monoisotopic (exact) mass is 335 g/mol. The standard InChI is InChI=1S/C21H21NO3/c23-21(24-14-13-22-11-4-5-12-22)18-10-6-9-17-15-19(25-20(17)18)16-7-2-1-3-8-16/h1-3,6-10,15H,4-5,11-14H2. The summed E-state index contributed by atoms with van der Waals surface area (Å²) in [6.45, 7) is 3.42. The number of esters is 1. The fourth-order valence-corrected chi connectivity index (χ4v) is 3.32. The maximum atomic E-state index is 12.5. The average Bonchev–Trinajstić information content (AvgIpc) is 3.31. The maximum Gasteiger partial charge on any atom is 0.342 e. The van der Waals surface area contributed by atoms with Crippen molar-refractivity contribution in [3.63, 3.8) is 0 Å². The van der Waals surface area contributed by atoms with Gasteiger partial charge in [0.25, 0.3) is 0 Å². The van der Waals surface area contributed by atoms with Gasteiger partial charge in [0.2, 0.25) is 0 Å². The first kappa shape index (κ1) is 15.9. The van der Waals surface area contributed by atoms with Crippen LogP contribution in [-0.2, 0) is 4.74 Å². The molecular formula is C21H21NO3. The van der Waals surface area contributed by atoms with E-state index in [0.717, 1.165) is 36.3 Å². The summed E-state index contributed by atoms with van der Waals surface area (Å²) in [6, 6.07) is 17.4. The molecule has 0 spiro atoms. The van der Waals surface area contributed by atoms with Gasteiger partial charge in [-0.15, -0.1) is 0 Å². The molecule has 0 unspecified atom stereocenters. The van der Waals surface area contributed by atoms with Crippen molar-refractivity contribution in [3.05, 3.63) is 60.2 Å². The number of para-hydroxylation sites is 1. The highest BCUT2D eigenvalue weighted by molar-refractivity contribution is 6.03. The van der Waals surface area contributed by atoms with Crippen LogP contribution >= 0.6 is 0 Å². The number of likely N-dealkylation sites (tertiary alicyclic amines) is 1. The molecule has 2 aromatic carbocycles. The van der Waals surface area contributed by atoms with Crippen molar-refractivity contribution in [3.8, 4) is 11.3 Å². The van der Waals surface area contributed by atoms with Crippen LogP contribution in [0.15, 0.2) is 59.0 Å². The number of carbonyl (C=O) groups is 1. The van der Waals surface area contributed by atoms with E-state index in [9.17, 15) is 4.79 Å². The normalized spacial score (nSPS) is 14.9. The first-order valence-corrected chi connectivity index (χ1v) is 8.79. The zero-order chi connectivity index (χ0) is 17.1. The minimum atomic E-state index is -0.321. The Bertz CT molecular complexity index is 863. The van der Waals surface area contributed by atoms with Crippen LogP contribution in [0.1, 0.15) is 23.2 Å². The lowest BCUT2D eigenvalue weighted by atomic mass is 10.1. The number of hydrogen-bond acceptors (Lipinski definition) is 4. The van der Waals surface area contributed by atoms with Gasteiger partial charge < -0.3 is 9.15 Å². The van der Waals surface area contributed by atoms with Crippen LogP contribution in [0.4, 0.5) is 0 Å². The van der Waals surface area contributed by atoms with Crippen LogP contribution in [0.5, 0.6) is 0 Å². The van der Waals surface area contributed by atoms with E-state index in [0.29, 0.717) is 17.8 Å². The first-order valence-electron chi connectivity index (χ1n) is 8.79. The Hall–Kier alpha value is -2.59. The number of hydrogen-bond donors (Lipinski definition) is 0. The van der Waals surface area contributed by atoms with E-state index >= 15 is 0 Å². The molecule has 3 aromatic rings. The molecule has 4 heteroatoms. The second-order valence-electron chi connectivity index (χ2n) is 6.39. The van der Waals surface area contributed by atoms with Gasteiger partial charge in [-0.05, 0) is 38.1 Å². The van der Waals surface area contributed by atoms with Crippen LogP contribution in [-0.4, -0.2) is 37.1 Å². The van der Waals surface area contributed by atoms with E-state index in [1.165, 1.54) is 12.8 Å². The predicted molar refractivity (Wildman–Crippen MR) is 97.6 cm³/mol. The third kappa shape index (κ3) is 3.44. The average molecular weight is 335 g/mol. The molecule has 0 saturated carbocycles. The summed E-state index contributed by atoms with van der Waals surface area (Å²) < 4.78 is 11.4. The summed E-state index contributed by atoms with van der Waals surface area (Å²) in [7, 11) is 0. The summed E-state index contributed by atoms with van der Waals surface area (Å²) in [4.78, 5) is 14.8. The molecule has 1 aromatic heterocycles. The highest BCUT2D eigenvalue weighted by Crippen LogP contribution is 2.30. The lowest BCUT2D eigenvalue weighted by Crippen LogP contribution is -2.25. The maximum absolute atomic E-state index is 12.5. The van der Waals surface area contributed by atoms with Gasteiger partial charge in [0.05, 0.1) is 0 Å². The highest BCUT2D eigenvalue weighted by Gasteiger charge is 2.17. The zero-order valence-electron chi connectivity index (χ0n) is 14.1. The van der Waals surface area contributed by atoms with Gasteiger partial charge in [-0.3, -0.25) is 4.90 Å². The molecule has 1 saturated heterocycles. The number of benzene rings is 2. The minimum absolute atomic E-state index is 0.321. The second kappa shape index (κ2) is 7.11. The lowest BCUT2D eigenvalue weighted by molar-refractivity contribution is 0.0473. The molecule has 0 bridgehead atoms. The van der Waals surface area contributed by atoms with Crippen molar-refractivity contribution in [2.45, 2.75) is 12.8 Å². The van der Waals surface area contributed by atoms with Gasteiger partial charge >= 0.3 is 5.97 Å². The Kier molecular flexibility index (Phi) is 4.53. The Morgan fingerprint density at radius 2 is 1.84 bits per heavy atom. The van der Waals surface area contributed by atoms with Crippen LogP contribution < -0.4 is 0 Å². The van der Waals surface area contributed by atoms with E-state index in [1.807, 2.05) is 48.5 Å². The Balaban J connectivity index is 1.52. The molecule has 0 amide bonds.